The largest absolute Gasteiger partial charge is 0.454 e. The third-order valence-electron chi connectivity index (χ3n) is 7.06. The molecule has 0 spiro atoms. The Morgan fingerprint density at radius 3 is 2.65 bits per heavy atom. The van der Waals surface area contributed by atoms with Gasteiger partial charge in [-0.05, 0) is 59.6 Å². The molecule has 0 aromatic heterocycles. The Balaban J connectivity index is 1.37. The smallest absolute Gasteiger partial charge is 0.231 e. The third-order valence-corrected chi connectivity index (χ3v) is 7.06. The average molecular weight is 417 g/mol. The minimum atomic E-state index is -0.388. The van der Waals surface area contributed by atoms with Gasteiger partial charge in [0.15, 0.2) is 11.5 Å². The molecule has 1 unspecified atom stereocenters. The van der Waals surface area contributed by atoms with Gasteiger partial charge in [-0.2, -0.15) is 5.26 Å². The topological polar surface area (TPSA) is 62.6 Å². The molecule has 2 aliphatic heterocycles. The van der Waals surface area contributed by atoms with Crippen molar-refractivity contribution in [2.24, 2.45) is 5.41 Å². The fourth-order valence-electron chi connectivity index (χ4n) is 5.13. The van der Waals surface area contributed by atoms with Crippen LogP contribution in [-0.4, -0.2) is 25.2 Å². The van der Waals surface area contributed by atoms with Crippen molar-refractivity contribution in [2.75, 3.05) is 18.2 Å². The summed E-state index contributed by atoms with van der Waals surface area (Å²) in [5.74, 6) is 1.76. The zero-order valence-electron chi connectivity index (χ0n) is 18.4. The van der Waals surface area contributed by atoms with E-state index in [2.05, 4.69) is 49.9 Å². The molecule has 160 valence electrons. The maximum Gasteiger partial charge on any atom is 0.231 e. The number of hydrogen-bond acceptors (Lipinski definition) is 5. The zero-order valence-corrected chi connectivity index (χ0v) is 18.4. The van der Waals surface area contributed by atoms with E-state index >= 15 is 0 Å². The highest BCUT2D eigenvalue weighted by atomic mass is 16.7. The molecule has 0 radical (unpaired) electrons. The molecule has 1 saturated carbocycles. The molecule has 1 atom stereocenters. The summed E-state index contributed by atoms with van der Waals surface area (Å²) in [7, 11) is 0. The zero-order chi connectivity index (χ0) is 21.8. The van der Waals surface area contributed by atoms with E-state index in [0.717, 1.165) is 47.6 Å². The van der Waals surface area contributed by atoms with Crippen LogP contribution < -0.4 is 14.4 Å². The lowest BCUT2D eigenvalue weighted by molar-refractivity contribution is -0.120. The second-order valence-electron chi connectivity index (χ2n) is 10.1. The standard InChI is InChI=1S/C26H28N2O3/c1-25(2,3)23-14-18-12-17(4-6-20(18)28(23)11-10-27)13-24(29)26(8-9-26)19-5-7-21-22(15-19)31-16-30-21/h4-7,12,15,23H,8-9,11,13-14,16H2,1-3H3. The summed E-state index contributed by atoms with van der Waals surface area (Å²) in [4.78, 5) is 15.6. The van der Waals surface area contributed by atoms with Crippen molar-refractivity contribution in [3.63, 3.8) is 0 Å². The Labute approximate surface area is 183 Å². The van der Waals surface area contributed by atoms with Gasteiger partial charge in [0.25, 0.3) is 0 Å². The molecule has 5 rings (SSSR count). The highest BCUT2D eigenvalue weighted by Crippen LogP contribution is 2.51. The first-order valence-corrected chi connectivity index (χ1v) is 11.0. The molecule has 2 heterocycles. The van der Waals surface area contributed by atoms with Gasteiger partial charge in [0.2, 0.25) is 6.79 Å². The molecular formula is C26H28N2O3. The van der Waals surface area contributed by atoms with E-state index in [1.807, 2.05) is 18.2 Å². The normalized spacial score (nSPS) is 20.3. The van der Waals surface area contributed by atoms with Crippen LogP contribution in [0.3, 0.4) is 0 Å². The van der Waals surface area contributed by atoms with Crippen LogP contribution in [0.4, 0.5) is 5.69 Å². The summed E-state index contributed by atoms with van der Waals surface area (Å²) in [6.07, 6.45) is 3.12. The van der Waals surface area contributed by atoms with Gasteiger partial charge in [-0.15, -0.1) is 0 Å². The molecule has 1 fully saturated rings. The van der Waals surface area contributed by atoms with E-state index in [-0.39, 0.29) is 29.4 Å². The number of carbonyl (C=O) groups is 1. The highest BCUT2D eigenvalue weighted by molar-refractivity contribution is 5.95. The van der Waals surface area contributed by atoms with E-state index in [0.29, 0.717) is 13.0 Å². The minimum absolute atomic E-state index is 0.0727. The number of nitriles is 1. The van der Waals surface area contributed by atoms with E-state index < -0.39 is 0 Å². The maximum absolute atomic E-state index is 13.4. The van der Waals surface area contributed by atoms with E-state index in [1.165, 1.54) is 5.56 Å². The number of nitrogens with zero attached hydrogens (tertiary/aromatic N) is 2. The number of fused-ring (bicyclic) bond motifs is 2. The average Bonchev–Trinajstić information content (AvgIpc) is 3.27. The second kappa shape index (κ2) is 7.02. The van der Waals surface area contributed by atoms with Crippen molar-refractivity contribution in [2.45, 2.75) is 57.9 Å². The van der Waals surface area contributed by atoms with Gasteiger partial charge >= 0.3 is 0 Å². The predicted molar refractivity (Wildman–Crippen MR) is 119 cm³/mol. The molecule has 5 nitrogen and oxygen atoms in total. The number of Topliss-reactive ketones (excluding diaryl/α,β-unsaturated/α-hetero) is 1. The Morgan fingerprint density at radius 2 is 1.94 bits per heavy atom. The number of carbonyl (C=O) groups excluding carboxylic acids is 1. The Hall–Kier alpha value is -3.00. The van der Waals surface area contributed by atoms with Crippen molar-refractivity contribution in [1.82, 2.24) is 0 Å². The predicted octanol–water partition coefficient (Wildman–Crippen LogP) is 4.56. The van der Waals surface area contributed by atoms with Gasteiger partial charge in [-0.25, -0.2) is 0 Å². The van der Waals surface area contributed by atoms with Crippen LogP contribution in [0.5, 0.6) is 11.5 Å². The van der Waals surface area contributed by atoms with Gasteiger partial charge in [-0.3, -0.25) is 4.79 Å². The second-order valence-corrected chi connectivity index (χ2v) is 10.1. The highest BCUT2D eigenvalue weighted by Gasteiger charge is 2.51. The molecule has 0 N–H and O–H groups in total. The number of ether oxygens (including phenoxy) is 2. The minimum Gasteiger partial charge on any atom is -0.454 e. The lowest BCUT2D eigenvalue weighted by atomic mass is 9.84. The van der Waals surface area contributed by atoms with Crippen molar-refractivity contribution >= 4 is 11.5 Å². The fourth-order valence-corrected chi connectivity index (χ4v) is 5.13. The van der Waals surface area contributed by atoms with E-state index in [4.69, 9.17) is 9.47 Å². The maximum atomic E-state index is 13.4. The first-order valence-electron chi connectivity index (χ1n) is 11.0. The van der Waals surface area contributed by atoms with Crippen LogP contribution in [0.2, 0.25) is 0 Å². The molecular weight excluding hydrogens is 388 g/mol. The SMILES string of the molecule is CC(C)(C)C1Cc2cc(CC(=O)C3(c4ccc5c(c4)OCO5)CC3)ccc2N1CC#N. The summed E-state index contributed by atoms with van der Waals surface area (Å²) in [5.41, 5.74) is 4.16. The molecule has 1 aliphatic carbocycles. The molecule has 2 aromatic carbocycles. The van der Waals surface area contributed by atoms with Crippen molar-refractivity contribution < 1.29 is 14.3 Å². The molecule has 3 aliphatic rings. The van der Waals surface area contributed by atoms with Crippen LogP contribution in [0.1, 0.15) is 50.3 Å². The summed E-state index contributed by atoms with van der Waals surface area (Å²) in [6, 6.07) is 14.8. The number of anilines is 1. The lowest BCUT2D eigenvalue weighted by Crippen LogP contribution is -2.42. The summed E-state index contributed by atoms with van der Waals surface area (Å²) in [5, 5.41) is 9.32. The molecule has 0 bridgehead atoms. The van der Waals surface area contributed by atoms with E-state index in [1.54, 1.807) is 0 Å². The van der Waals surface area contributed by atoms with Crippen molar-refractivity contribution in [3.8, 4) is 17.6 Å². The lowest BCUT2D eigenvalue weighted by Gasteiger charge is -2.35. The van der Waals surface area contributed by atoms with Gasteiger partial charge in [0.1, 0.15) is 12.3 Å². The van der Waals surface area contributed by atoms with Crippen molar-refractivity contribution in [3.05, 3.63) is 53.1 Å². The van der Waals surface area contributed by atoms with Crippen molar-refractivity contribution in [1.29, 1.82) is 5.26 Å². The summed E-state index contributed by atoms with van der Waals surface area (Å²) >= 11 is 0. The monoisotopic (exact) mass is 416 g/mol. The van der Waals surface area contributed by atoms with Gasteiger partial charge in [0.05, 0.1) is 11.5 Å². The van der Waals surface area contributed by atoms with Gasteiger partial charge < -0.3 is 14.4 Å². The Kier molecular flexibility index (Phi) is 4.51. The quantitative estimate of drug-likeness (QED) is 0.669. The number of benzene rings is 2. The summed E-state index contributed by atoms with van der Waals surface area (Å²) < 4.78 is 10.9. The van der Waals surface area contributed by atoms with Crippen LogP contribution >= 0.6 is 0 Å². The first-order chi connectivity index (χ1) is 14.8. The Bertz CT molecular complexity index is 1090. The first kappa shape index (κ1) is 19.9. The van der Waals surface area contributed by atoms with Crippen LogP contribution in [0.25, 0.3) is 0 Å². The molecule has 0 saturated heterocycles. The summed E-state index contributed by atoms with van der Waals surface area (Å²) in [6.45, 7) is 7.30. The molecule has 0 amide bonds. The fraction of sp³-hybridized carbons (Fsp3) is 0.462. The third kappa shape index (κ3) is 3.35. The number of ketones is 1. The van der Waals surface area contributed by atoms with Crippen LogP contribution in [0.15, 0.2) is 36.4 Å². The molecule has 5 heteroatoms. The van der Waals surface area contributed by atoms with Crippen LogP contribution in [-0.2, 0) is 23.1 Å². The molecule has 31 heavy (non-hydrogen) atoms. The number of rotatable bonds is 5. The molecule has 2 aromatic rings. The van der Waals surface area contributed by atoms with Gasteiger partial charge in [0, 0.05) is 18.2 Å². The van der Waals surface area contributed by atoms with E-state index in [9.17, 15) is 10.1 Å². The van der Waals surface area contributed by atoms with Crippen LogP contribution in [0, 0.1) is 16.7 Å². The van der Waals surface area contributed by atoms with Gasteiger partial charge in [-0.1, -0.05) is 39.0 Å². The Morgan fingerprint density at radius 1 is 1.16 bits per heavy atom. The number of hydrogen-bond donors (Lipinski definition) is 0.